The molecular weight excluding hydrogens is 494 g/mol. The van der Waals surface area contributed by atoms with Crippen molar-refractivity contribution in [1.29, 1.82) is 0 Å². The van der Waals surface area contributed by atoms with Crippen molar-refractivity contribution in [1.82, 2.24) is 5.43 Å². The van der Waals surface area contributed by atoms with Gasteiger partial charge >= 0.3 is 0 Å². The normalized spacial score (nSPS) is 14.0. The summed E-state index contributed by atoms with van der Waals surface area (Å²) in [6, 6.07) is 8.74. The number of halogens is 1. The Kier molecular flexibility index (Phi) is 9.22. The molecule has 1 amide bonds. The monoisotopic (exact) mass is 523 g/mol. The minimum atomic E-state index is -4.26. The van der Waals surface area contributed by atoms with E-state index in [2.05, 4.69) is 10.5 Å². The van der Waals surface area contributed by atoms with Crippen molar-refractivity contribution in [2.75, 3.05) is 32.2 Å². The molecule has 1 fully saturated rings. The van der Waals surface area contributed by atoms with Gasteiger partial charge in [-0.05, 0) is 56.0 Å². The Morgan fingerprint density at radius 1 is 0.943 bits per heavy atom. The molecule has 1 N–H and O–H groups in total. The zero-order valence-electron chi connectivity index (χ0n) is 20.0. The van der Waals surface area contributed by atoms with Crippen LogP contribution in [0.2, 0.25) is 5.02 Å². The van der Waals surface area contributed by atoms with Crippen LogP contribution >= 0.6 is 11.6 Å². The third-order valence-electron chi connectivity index (χ3n) is 5.66. The molecule has 0 aliphatic heterocycles. The zero-order chi connectivity index (χ0) is 25.4. The van der Waals surface area contributed by atoms with E-state index in [1.165, 1.54) is 45.6 Å². The number of carbonyl (C=O) groups is 1. The molecule has 35 heavy (non-hydrogen) atoms. The van der Waals surface area contributed by atoms with Gasteiger partial charge < -0.3 is 14.2 Å². The third kappa shape index (κ3) is 6.58. The summed E-state index contributed by atoms with van der Waals surface area (Å²) in [4.78, 5) is 12.8. The first kappa shape index (κ1) is 26.6. The van der Waals surface area contributed by atoms with E-state index in [-0.39, 0.29) is 27.1 Å². The summed E-state index contributed by atoms with van der Waals surface area (Å²) in [5, 5.41) is 4.54. The molecule has 0 radical (unpaired) electrons. The molecule has 0 bridgehead atoms. The van der Waals surface area contributed by atoms with Crippen LogP contribution in [0.25, 0.3) is 0 Å². The number of hydrogen-bond acceptors (Lipinski definition) is 7. The number of sulfonamides is 1. The fourth-order valence-electron chi connectivity index (χ4n) is 3.82. The summed E-state index contributed by atoms with van der Waals surface area (Å²) in [7, 11) is 0.0160. The molecule has 2 aromatic carbocycles. The Bertz CT molecular complexity index is 1180. The number of ether oxygens (including phenoxy) is 3. The van der Waals surface area contributed by atoms with Crippen molar-refractivity contribution in [2.24, 2.45) is 5.10 Å². The number of nitrogens with zero attached hydrogens (tertiary/aromatic N) is 2. The molecule has 2 aromatic rings. The highest BCUT2D eigenvalue weighted by atomic mass is 35.5. The smallest absolute Gasteiger partial charge is 0.265 e. The molecule has 0 unspecified atom stereocenters. The molecule has 0 heterocycles. The number of methoxy groups -OCH3 is 3. The van der Waals surface area contributed by atoms with Gasteiger partial charge in [-0.3, -0.25) is 9.10 Å². The molecular formula is C24H30ClN3O6S. The summed E-state index contributed by atoms with van der Waals surface area (Å²) in [5.74, 6) is 0.250. The van der Waals surface area contributed by atoms with E-state index in [4.69, 9.17) is 25.8 Å². The van der Waals surface area contributed by atoms with Crippen molar-refractivity contribution in [3.8, 4) is 17.2 Å². The predicted octanol–water partition coefficient (Wildman–Crippen LogP) is 4.39. The highest BCUT2D eigenvalue weighted by Gasteiger charge is 2.30. The highest BCUT2D eigenvalue weighted by Crippen LogP contribution is 2.37. The Morgan fingerprint density at radius 2 is 1.57 bits per heavy atom. The molecule has 11 heteroatoms. The van der Waals surface area contributed by atoms with Crippen LogP contribution in [0.3, 0.4) is 0 Å². The first-order chi connectivity index (χ1) is 16.8. The van der Waals surface area contributed by atoms with Gasteiger partial charge in [-0.25, -0.2) is 13.8 Å². The molecule has 3 rings (SSSR count). The Balaban J connectivity index is 1.99. The molecule has 1 aliphatic rings. The van der Waals surface area contributed by atoms with Gasteiger partial charge in [0, 0.05) is 16.8 Å². The molecule has 9 nitrogen and oxygen atoms in total. The van der Waals surface area contributed by atoms with Gasteiger partial charge in [0.2, 0.25) is 0 Å². The molecule has 0 atom stereocenters. The van der Waals surface area contributed by atoms with E-state index in [9.17, 15) is 13.2 Å². The summed E-state index contributed by atoms with van der Waals surface area (Å²) >= 11 is 6.18. The van der Waals surface area contributed by atoms with E-state index in [0.29, 0.717) is 5.75 Å². The summed E-state index contributed by atoms with van der Waals surface area (Å²) in [6.45, 7) is -0.538. The first-order valence-electron chi connectivity index (χ1n) is 11.2. The van der Waals surface area contributed by atoms with Crippen LogP contribution < -0.4 is 23.9 Å². The van der Waals surface area contributed by atoms with E-state index in [1.54, 1.807) is 12.1 Å². The van der Waals surface area contributed by atoms with Gasteiger partial charge in [0.1, 0.15) is 12.3 Å². The number of rotatable bonds is 9. The van der Waals surface area contributed by atoms with Gasteiger partial charge in [-0.2, -0.15) is 5.10 Å². The van der Waals surface area contributed by atoms with Crippen LogP contribution in [0.5, 0.6) is 17.2 Å². The third-order valence-corrected chi connectivity index (χ3v) is 7.65. The highest BCUT2D eigenvalue weighted by molar-refractivity contribution is 7.92. The van der Waals surface area contributed by atoms with Gasteiger partial charge in [-0.1, -0.05) is 24.4 Å². The van der Waals surface area contributed by atoms with E-state index in [0.717, 1.165) is 48.5 Å². The summed E-state index contributed by atoms with van der Waals surface area (Å²) in [6.07, 6.45) is 5.95. The number of nitrogens with one attached hydrogen (secondary N) is 1. The van der Waals surface area contributed by atoms with Gasteiger partial charge in [-0.15, -0.1) is 0 Å². The first-order valence-corrected chi connectivity index (χ1v) is 13.0. The molecule has 1 saturated carbocycles. The second-order valence-corrected chi connectivity index (χ2v) is 10.3. The van der Waals surface area contributed by atoms with E-state index >= 15 is 0 Å². The summed E-state index contributed by atoms with van der Waals surface area (Å²) in [5.41, 5.74) is 3.55. The maximum absolute atomic E-state index is 13.8. The van der Waals surface area contributed by atoms with Crippen molar-refractivity contribution >= 4 is 38.9 Å². The average Bonchev–Trinajstić information content (AvgIpc) is 3.14. The van der Waals surface area contributed by atoms with Gasteiger partial charge in [0.25, 0.3) is 15.9 Å². The number of amides is 1. The number of carbonyl (C=O) groups excluding carboxylic acids is 1. The van der Waals surface area contributed by atoms with Gasteiger partial charge in [0.15, 0.2) is 11.5 Å². The van der Waals surface area contributed by atoms with Crippen LogP contribution in [0.4, 0.5) is 5.69 Å². The standard InChI is InChI=1S/C24H30ClN3O6S/c1-32-21-12-10-17(25)14-20(21)28(16-24(29)27-26-18-8-6-4-5-7-9-18)35(30,31)19-11-13-22(33-2)23(15-19)34-3/h10-15H,4-9,16H2,1-3H3,(H,27,29). The lowest BCUT2D eigenvalue weighted by molar-refractivity contribution is -0.119. The van der Waals surface area contributed by atoms with Crippen molar-refractivity contribution in [2.45, 2.75) is 43.4 Å². The average molecular weight is 524 g/mol. The maximum atomic E-state index is 13.8. The van der Waals surface area contributed by atoms with Crippen LogP contribution in [-0.2, 0) is 14.8 Å². The minimum Gasteiger partial charge on any atom is -0.495 e. The Labute approximate surface area is 211 Å². The van der Waals surface area contributed by atoms with Crippen molar-refractivity contribution < 1.29 is 27.4 Å². The second kappa shape index (κ2) is 12.1. The molecule has 0 aromatic heterocycles. The number of benzene rings is 2. The topological polar surface area (TPSA) is 107 Å². The fraction of sp³-hybridized carbons (Fsp3) is 0.417. The maximum Gasteiger partial charge on any atom is 0.265 e. The number of hydrogen-bond donors (Lipinski definition) is 1. The molecule has 0 saturated heterocycles. The molecule has 0 spiro atoms. The molecule has 1 aliphatic carbocycles. The lowest BCUT2D eigenvalue weighted by Crippen LogP contribution is -2.40. The Morgan fingerprint density at radius 3 is 2.20 bits per heavy atom. The van der Waals surface area contributed by atoms with Gasteiger partial charge in [0.05, 0.1) is 31.9 Å². The summed E-state index contributed by atoms with van der Waals surface area (Å²) < 4.78 is 44.4. The SMILES string of the molecule is COc1ccc(S(=O)(=O)N(CC(=O)NN=C2CCCCCC2)c2cc(Cl)ccc2OC)cc1OC. The largest absolute Gasteiger partial charge is 0.495 e. The number of hydrazone groups is 1. The van der Waals surface area contributed by atoms with E-state index in [1.807, 2.05) is 0 Å². The van der Waals surface area contributed by atoms with Crippen LogP contribution in [0, 0.1) is 0 Å². The fourth-order valence-corrected chi connectivity index (χ4v) is 5.42. The quantitative estimate of drug-likeness (QED) is 0.386. The lowest BCUT2D eigenvalue weighted by atomic mass is 10.2. The Hall–Kier alpha value is -2.98. The zero-order valence-corrected chi connectivity index (χ0v) is 21.6. The van der Waals surface area contributed by atoms with Crippen LogP contribution in [0.1, 0.15) is 38.5 Å². The predicted molar refractivity (Wildman–Crippen MR) is 135 cm³/mol. The second-order valence-electron chi connectivity index (χ2n) is 7.97. The van der Waals surface area contributed by atoms with Crippen LogP contribution in [-0.4, -0.2) is 47.9 Å². The van der Waals surface area contributed by atoms with Crippen LogP contribution in [0.15, 0.2) is 46.4 Å². The van der Waals surface area contributed by atoms with Crippen molar-refractivity contribution in [3.05, 3.63) is 41.4 Å². The van der Waals surface area contributed by atoms with Crippen molar-refractivity contribution in [3.63, 3.8) is 0 Å². The van der Waals surface area contributed by atoms with E-state index < -0.39 is 22.5 Å². The molecule has 190 valence electrons. The lowest BCUT2D eigenvalue weighted by Gasteiger charge is -2.26. The minimum absolute atomic E-state index is 0.0972. The number of anilines is 1.